The first-order chi connectivity index (χ1) is 10.2. The number of anilines is 3. The van der Waals surface area contributed by atoms with Gasteiger partial charge in [0, 0.05) is 12.2 Å². The van der Waals surface area contributed by atoms with Crippen molar-refractivity contribution in [2.45, 2.75) is 13.5 Å². The Hall–Kier alpha value is -2.69. The van der Waals surface area contributed by atoms with E-state index >= 15 is 0 Å². The van der Waals surface area contributed by atoms with Gasteiger partial charge in [0.1, 0.15) is 0 Å². The topological polar surface area (TPSA) is 76.4 Å². The van der Waals surface area contributed by atoms with Crippen molar-refractivity contribution in [2.75, 3.05) is 23.0 Å². The van der Waals surface area contributed by atoms with Crippen LogP contribution < -0.4 is 16.4 Å². The number of ether oxygens (including phenoxy) is 1. The van der Waals surface area contributed by atoms with Gasteiger partial charge in [0.2, 0.25) is 0 Å². The molecule has 5 heteroatoms. The third-order valence-corrected chi connectivity index (χ3v) is 2.90. The Labute approximate surface area is 124 Å². The minimum absolute atomic E-state index is 0.324. The van der Waals surface area contributed by atoms with E-state index in [9.17, 15) is 4.79 Å². The summed E-state index contributed by atoms with van der Waals surface area (Å²) in [6, 6.07) is 15.4. The monoisotopic (exact) mass is 285 g/mol. The highest BCUT2D eigenvalue weighted by atomic mass is 16.5. The number of carbonyl (C=O) groups is 1. The number of para-hydroxylation sites is 1. The molecule has 0 unspecified atom stereocenters. The molecule has 0 fully saturated rings. The summed E-state index contributed by atoms with van der Waals surface area (Å²) in [5.74, 6) is 0. The van der Waals surface area contributed by atoms with Crippen LogP contribution in [0.1, 0.15) is 12.5 Å². The number of rotatable bonds is 5. The minimum Gasteiger partial charge on any atom is -0.450 e. The fourth-order valence-electron chi connectivity index (χ4n) is 1.87. The van der Waals surface area contributed by atoms with Gasteiger partial charge < -0.3 is 15.8 Å². The van der Waals surface area contributed by atoms with Crippen LogP contribution in [0.4, 0.5) is 21.9 Å². The largest absolute Gasteiger partial charge is 0.450 e. The molecule has 0 radical (unpaired) electrons. The summed E-state index contributed by atoms with van der Waals surface area (Å²) in [4.78, 5) is 11.4. The van der Waals surface area contributed by atoms with E-state index in [2.05, 4.69) is 10.6 Å². The highest BCUT2D eigenvalue weighted by Crippen LogP contribution is 2.21. The van der Waals surface area contributed by atoms with Crippen LogP contribution in [-0.4, -0.2) is 12.7 Å². The van der Waals surface area contributed by atoms with E-state index in [0.717, 1.165) is 11.3 Å². The lowest BCUT2D eigenvalue weighted by molar-refractivity contribution is 0.168. The smallest absolute Gasteiger partial charge is 0.411 e. The van der Waals surface area contributed by atoms with E-state index in [1.165, 1.54) is 0 Å². The maximum absolute atomic E-state index is 11.4. The van der Waals surface area contributed by atoms with Gasteiger partial charge in [0.05, 0.1) is 18.0 Å². The van der Waals surface area contributed by atoms with Crippen LogP contribution in [0.2, 0.25) is 0 Å². The van der Waals surface area contributed by atoms with Crippen LogP contribution >= 0.6 is 0 Å². The number of carbonyl (C=O) groups excluding carboxylic acids is 1. The van der Waals surface area contributed by atoms with Crippen molar-refractivity contribution in [3.05, 3.63) is 54.1 Å². The number of hydrogen-bond donors (Lipinski definition) is 3. The van der Waals surface area contributed by atoms with Crippen molar-refractivity contribution >= 4 is 23.2 Å². The highest BCUT2D eigenvalue weighted by Gasteiger charge is 2.06. The van der Waals surface area contributed by atoms with E-state index in [1.807, 2.05) is 42.5 Å². The third kappa shape index (κ3) is 4.42. The molecule has 2 aromatic rings. The highest BCUT2D eigenvalue weighted by molar-refractivity contribution is 5.88. The Morgan fingerprint density at radius 2 is 1.95 bits per heavy atom. The van der Waals surface area contributed by atoms with Gasteiger partial charge in [0.15, 0.2) is 0 Å². The second-order valence-electron chi connectivity index (χ2n) is 4.49. The number of nitrogen functional groups attached to an aromatic ring is 1. The molecule has 4 N–H and O–H groups in total. The Bertz CT molecular complexity index is 600. The lowest BCUT2D eigenvalue weighted by atomic mass is 10.1. The first kappa shape index (κ1) is 14.7. The van der Waals surface area contributed by atoms with Gasteiger partial charge in [-0.3, -0.25) is 5.32 Å². The predicted octanol–water partition coefficient (Wildman–Crippen LogP) is 3.45. The quantitative estimate of drug-likeness (QED) is 0.735. The molecule has 0 aliphatic heterocycles. The van der Waals surface area contributed by atoms with Gasteiger partial charge in [-0.05, 0) is 36.8 Å². The molecule has 2 rings (SSSR count). The van der Waals surface area contributed by atoms with Crippen LogP contribution in [0.15, 0.2) is 48.5 Å². The van der Waals surface area contributed by atoms with Gasteiger partial charge in [0.25, 0.3) is 0 Å². The van der Waals surface area contributed by atoms with Crippen molar-refractivity contribution < 1.29 is 9.53 Å². The van der Waals surface area contributed by atoms with Gasteiger partial charge in [-0.25, -0.2) is 4.79 Å². The van der Waals surface area contributed by atoms with E-state index in [4.69, 9.17) is 10.5 Å². The third-order valence-electron chi connectivity index (χ3n) is 2.90. The molecular formula is C16H19N3O2. The number of benzene rings is 2. The Balaban J connectivity index is 1.97. The average molecular weight is 285 g/mol. The summed E-state index contributed by atoms with van der Waals surface area (Å²) in [6.07, 6.45) is -0.501. The van der Waals surface area contributed by atoms with Crippen LogP contribution in [0.5, 0.6) is 0 Å². The van der Waals surface area contributed by atoms with E-state index in [0.29, 0.717) is 24.5 Å². The van der Waals surface area contributed by atoms with Gasteiger partial charge in [-0.15, -0.1) is 0 Å². The van der Waals surface area contributed by atoms with E-state index < -0.39 is 6.09 Å². The maximum Gasteiger partial charge on any atom is 0.411 e. The van der Waals surface area contributed by atoms with Gasteiger partial charge in [-0.2, -0.15) is 0 Å². The summed E-state index contributed by atoms with van der Waals surface area (Å²) in [6.45, 7) is 2.74. The molecule has 1 amide bonds. The number of hydrogen-bond acceptors (Lipinski definition) is 4. The molecule has 0 saturated carbocycles. The van der Waals surface area contributed by atoms with Crippen LogP contribution in [0.3, 0.4) is 0 Å². The maximum atomic E-state index is 11.4. The first-order valence-corrected chi connectivity index (χ1v) is 6.80. The molecule has 2 aromatic carbocycles. The molecule has 0 aliphatic carbocycles. The summed E-state index contributed by atoms with van der Waals surface area (Å²) in [7, 11) is 0. The second-order valence-corrected chi connectivity index (χ2v) is 4.49. The van der Waals surface area contributed by atoms with Gasteiger partial charge in [-0.1, -0.05) is 24.3 Å². The summed E-state index contributed by atoms with van der Waals surface area (Å²) >= 11 is 0. The number of nitrogens with one attached hydrogen (secondary N) is 2. The molecule has 5 nitrogen and oxygen atoms in total. The van der Waals surface area contributed by atoms with Crippen molar-refractivity contribution in [3.63, 3.8) is 0 Å². The lowest BCUT2D eigenvalue weighted by Gasteiger charge is -2.11. The average Bonchev–Trinajstić information content (AvgIpc) is 2.49. The van der Waals surface area contributed by atoms with E-state index in [1.54, 1.807) is 13.0 Å². The summed E-state index contributed by atoms with van der Waals surface area (Å²) in [5.41, 5.74) is 9.08. The van der Waals surface area contributed by atoms with Crippen molar-refractivity contribution in [1.82, 2.24) is 0 Å². The zero-order chi connectivity index (χ0) is 15.1. The standard InChI is InChI=1S/C16H19N3O2/c1-2-21-16(20)19-15-9-8-12(10-14(15)17)11-18-13-6-4-3-5-7-13/h3-10,18H,2,11,17H2,1H3,(H,19,20). The summed E-state index contributed by atoms with van der Waals surface area (Å²) < 4.78 is 4.82. The Morgan fingerprint density at radius 3 is 2.62 bits per heavy atom. The Kier molecular flexibility index (Phi) is 5.04. The zero-order valence-corrected chi connectivity index (χ0v) is 11.9. The number of nitrogens with two attached hydrogens (primary N) is 1. The molecule has 0 atom stereocenters. The van der Waals surface area contributed by atoms with Crippen molar-refractivity contribution in [1.29, 1.82) is 0 Å². The van der Waals surface area contributed by atoms with Crippen LogP contribution in [-0.2, 0) is 11.3 Å². The number of amides is 1. The van der Waals surface area contributed by atoms with Crippen LogP contribution in [0, 0.1) is 0 Å². The molecule has 0 aliphatic rings. The molecular weight excluding hydrogens is 266 g/mol. The Morgan fingerprint density at radius 1 is 1.19 bits per heavy atom. The second kappa shape index (κ2) is 7.19. The van der Waals surface area contributed by atoms with E-state index in [-0.39, 0.29) is 0 Å². The minimum atomic E-state index is -0.501. The zero-order valence-electron chi connectivity index (χ0n) is 11.9. The fourth-order valence-corrected chi connectivity index (χ4v) is 1.87. The normalized spacial score (nSPS) is 9.95. The SMILES string of the molecule is CCOC(=O)Nc1ccc(CNc2ccccc2)cc1N. The first-order valence-electron chi connectivity index (χ1n) is 6.80. The molecule has 110 valence electrons. The van der Waals surface area contributed by atoms with Gasteiger partial charge >= 0.3 is 6.09 Å². The molecule has 0 heterocycles. The van der Waals surface area contributed by atoms with Crippen LogP contribution in [0.25, 0.3) is 0 Å². The van der Waals surface area contributed by atoms with Crippen molar-refractivity contribution in [3.8, 4) is 0 Å². The summed E-state index contributed by atoms with van der Waals surface area (Å²) in [5, 5.41) is 5.91. The van der Waals surface area contributed by atoms with Crippen molar-refractivity contribution in [2.24, 2.45) is 0 Å². The predicted molar refractivity (Wildman–Crippen MR) is 85.3 cm³/mol. The molecule has 0 spiro atoms. The molecule has 21 heavy (non-hydrogen) atoms. The molecule has 0 aromatic heterocycles. The molecule has 0 saturated heterocycles. The fraction of sp³-hybridized carbons (Fsp3) is 0.188. The molecule has 0 bridgehead atoms. The lowest BCUT2D eigenvalue weighted by Crippen LogP contribution is -2.14.